The maximum atomic E-state index is 6.05. The highest BCUT2D eigenvalue weighted by Gasteiger charge is 2.07. The second kappa shape index (κ2) is 11.4. The van der Waals surface area contributed by atoms with Gasteiger partial charge in [0.25, 0.3) is 0 Å². The second-order valence-corrected chi connectivity index (χ2v) is 5.97. The molecule has 0 aliphatic heterocycles. The van der Waals surface area contributed by atoms with Gasteiger partial charge in [-0.2, -0.15) is 8.75 Å². The Morgan fingerprint density at radius 3 is 2.11 bits per heavy atom. The number of hydrogen-bond acceptors (Lipinski definition) is 4. The molecule has 1 aromatic rings. The van der Waals surface area contributed by atoms with E-state index >= 15 is 0 Å². The third-order valence-electron chi connectivity index (χ3n) is 3.63. The number of nitrogens with zero attached hydrogens (tertiary/aromatic N) is 2. The summed E-state index contributed by atoms with van der Waals surface area (Å²) in [6, 6.07) is 0.0905. The molecule has 1 heterocycles. The summed E-state index contributed by atoms with van der Waals surface area (Å²) in [6.45, 7) is 2.27. The van der Waals surface area contributed by atoms with Crippen LogP contribution in [0.5, 0.6) is 0 Å². The van der Waals surface area contributed by atoms with Crippen LogP contribution in [0.1, 0.15) is 89.3 Å². The van der Waals surface area contributed by atoms with Crippen LogP contribution in [0.15, 0.2) is 6.20 Å². The Morgan fingerprint density at radius 2 is 1.58 bits per heavy atom. The minimum Gasteiger partial charge on any atom is -0.323 e. The van der Waals surface area contributed by atoms with Gasteiger partial charge in [-0.15, -0.1) is 0 Å². The predicted octanol–water partition coefficient (Wildman–Crippen LogP) is 4.85. The van der Waals surface area contributed by atoms with Crippen LogP contribution in [-0.4, -0.2) is 8.75 Å². The van der Waals surface area contributed by atoms with Crippen molar-refractivity contribution in [3.8, 4) is 0 Å². The lowest BCUT2D eigenvalue weighted by Crippen LogP contribution is -2.10. The van der Waals surface area contributed by atoms with E-state index in [2.05, 4.69) is 15.7 Å². The van der Waals surface area contributed by atoms with Crippen molar-refractivity contribution in [1.29, 1.82) is 0 Å². The number of hydrogen-bond donors (Lipinski definition) is 1. The summed E-state index contributed by atoms with van der Waals surface area (Å²) >= 11 is 1.25. The van der Waals surface area contributed by atoms with Crippen molar-refractivity contribution in [2.75, 3.05) is 0 Å². The van der Waals surface area contributed by atoms with Gasteiger partial charge in [-0.1, -0.05) is 71.1 Å². The van der Waals surface area contributed by atoms with Crippen LogP contribution in [0.4, 0.5) is 0 Å². The zero-order valence-corrected chi connectivity index (χ0v) is 13.1. The Morgan fingerprint density at radius 1 is 1.00 bits per heavy atom. The summed E-state index contributed by atoms with van der Waals surface area (Å²) in [4.78, 5) is 0. The van der Waals surface area contributed by atoms with Crippen LogP contribution < -0.4 is 5.73 Å². The molecule has 0 aliphatic rings. The van der Waals surface area contributed by atoms with E-state index in [1.807, 2.05) is 0 Å². The Bertz CT molecular complexity index is 288. The van der Waals surface area contributed by atoms with Crippen molar-refractivity contribution in [2.24, 2.45) is 5.73 Å². The van der Waals surface area contributed by atoms with Crippen LogP contribution >= 0.6 is 11.7 Å². The van der Waals surface area contributed by atoms with Crippen LogP contribution in [0, 0.1) is 0 Å². The summed E-state index contributed by atoms with van der Waals surface area (Å²) in [7, 11) is 0. The summed E-state index contributed by atoms with van der Waals surface area (Å²) in [5, 5.41) is 0. The minimum atomic E-state index is 0.0905. The fourth-order valence-electron chi connectivity index (χ4n) is 2.33. The van der Waals surface area contributed by atoms with Crippen molar-refractivity contribution < 1.29 is 0 Å². The highest BCUT2D eigenvalue weighted by molar-refractivity contribution is 6.99. The second-order valence-electron chi connectivity index (χ2n) is 5.41. The molecular weight excluding hydrogens is 254 g/mol. The van der Waals surface area contributed by atoms with Crippen LogP contribution in [0.3, 0.4) is 0 Å². The first kappa shape index (κ1) is 16.6. The van der Waals surface area contributed by atoms with E-state index in [0.717, 1.165) is 12.1 Å². The molecule has 0 saturated carbocycles. The van der Waals surface area contributed by atoms with Crippen molar-refractivity contribution in [3.63, 3.8) is 0 Å². The SMILES string of the molecule is CCCCCCCCCCCCC(N)c1cnsn1. The van der Waals surface area contributed by atoms with Crippen LogP contribution in [0.2, 0.25) is 0 Å². The summed E-state index contributed by atoms with van der Waals surface area (Å²) in [5.74, 6) is 0. The van der Waals surface area contributed by atoms with Crippen molar-refractivity contribution >= 4 is 11.7 Å². The molecule has 0 bridgehead atoms. The van der Waals surface area contributed by atoms with E-state index in [1.165, 1.54) is 75.9 Å². The third-order valence-corrected chi connectivity index (χ3v) is 4.12. The van der Waals surface area contributed by atoms with Gasteiger partial charge in [-0.3, -0.25) is 0 Å². The monoisotopic (exact) mass is 283 g/mol. The Kier molecular flexibility index (Phi) is 9.91. The predicted molar refractivity (Wildman–Crippen MR) is 83.3 cm³/mol. The zero-order valence-electron chi connectivity index (χ0n) is 12.3. The zero-order chi connectivity index (χ0) is 13.8. The van der Waals surface area contributed by atoms with Crippen molar-refractivity contribution in [3.05, 3.63) is 11.9 Å². The standard InChI is InChI=1S/C15H29N3S/c1-2-3-4-5-6-7-8-9-10-11-12-14(16)15-13-17-19-18-15/h13-14H,2-12,16H2,1H3. The molecule has 0 spiro atoms. The smallest absolute Gasteiger partial charge is 0.0910 e. The van der Waals surface area contributed by atoms with Crippen molar-refractivity contribution in [1.82, 2.24) is 8.75 Å². The molecule has 1 aromatic heterocycles. The molecule has 110 valence electrons. The third kappa shape index (κ3) is 8.32. The lowest BCUT2D eigenvalue weighted by atomic mass is 10.0. The number of unbranched alkanes of at least 4 members (excludes halogenated alkanes) is 9. The van der Waals surface area contributed by atoms with Gasteiger partial charge in [-0.25, -0.2) is 0 Å². The topological polar surface area (TPSA) is 51.8 Å². The van der Waals surface area contributed by atoms with E-state index in [0.29, 0.717) is 0 Å². The highest BCUT2D eigenvalue weighted by atomic mass is 32.1. The molecule has 0 saturated heterocycles. The first-order valence-electron chi connectivity index (χ1n) is 7.87. The highest BCUT2D eigenvalue weighted by Crippen LogP contribution is 2.17. The molecule has 4 heteroatoms. The van der Waals surface area contributed by atoms with Gasteiger partial charge in [0.2, 0.25) is 0 Å². The average Bonchev–Trinajstić information content (AvgIpc) is 2.95. The molecule has 19 heavy (non-hydrogen) atoms. The number of rotatable bonds is 12. The molecule has 0 aromatic carbocycles. The minimum absolute atomic E-state index is 0.0905. The van der Waals surface area contributed by atoms with E-state index in [1.54, 1.807) is 6.20 Å². The number of nitrogens with two attached hydrogens (primary N) is 1. The fourth-order valence-corrected chi connectivity index (χ4v) is 2.81. The molecule has 0 amide bonds. The summed E-state index contributed by atoms with van der Waals surface area (Å²) in [6.07, 6.45) is 16.5. The quantitative estimate of drug-likeness (QED) is 0.558. The van der Waals surface area contributed by atoms with Gasteiger partial charge in [-0.05, 0) is 6.42 Å². The largest absolute Gasteiger partial charge is 0.323 e. The van der Waals surface area contributed by atoms with Crippen LogP contribution in [0.25, 0.3) is 0 Å². The maximum absolute atomic E-state index is 6.05. The molecule has 1 rings (SSSR count). The first-order chi connectivity index (χ1) is 9.34. The molecular formula is C15H29N3S. The molecule has 0 radical (unpaired) electrons. The lowest BCUT2D eigenvalue weighted by Gasteiger charge is -2.07. The van der Waals surface area contributed by atoms with E-state index < -0.39 is 0 Å². The van der Waals surface area contributed by atoms with Crippen LogP contribution in [-0.2, 0) is 0 Å². The molecule has 0 fully saturated rings. The summed E-state index contributed by atoms with van der Waals surface area (Å²) < 4.78 is 8.18. The number of aromatic nitrogens is 2. The van der Waals surface area contributed by atoms with E-state index in [-0.39, 0.29) is 6.04 Å². The first-order valence-corrected chi connectivity index (χ1v) is 8.60. The summed E-state index contributed by atoms with van der Waals surface area (Å²) in [5.41, 5.74) is 7.01. The van der Waals surface area contributed by atoms with E-state index in [9.17, 15) is 0 Å². The van der Waals surface area contributed by atoms with Gasteiger partial charge < -0.3 is 5.73 Å². The molecule has 3 nitrogen and oxygen atoms in total. The van der Waals surface area contributed by atoms with Gasteiger partial charge in [0.15, 0.2) is 0 Å². The van der Waals surface area contributed by atoms with Crippen molar-refractivity contribution in [2.45, 2.75) is 83.6 Å². The lowest BCUT2D eigenvalue weighted by molar-refractivity contribution is 0.526. The molecule has 2 N–H and O–H groups in total. The Balaban J connectivity index is 1.83. The van der Waals surface area contributed by atoms with Gasteiger partial charge in [0.1, 0.15) is 0 Å². The van der Waals surface area contributed by atoms with Gasteiger partial charge in [0.05, 0.1) is 23.6 Å². The Labute approximate surface area is 122 Å². The maximum Gasteiger partial charge on any atom is 0.0910 e. The molecule has 1 unspecified atom stereocenters. The molecule has 1 atom stereocenters. The van der Waals surface area contributed by atoms with E-state index in [4.69, 9.17) is 5.73 Å². The molecule has 0 aliphatic carbocycles. The fraction of sp³-hybridized carbons (Fsp3) is 0.867. The normalized spacial score (nSPS) is 12.7. The average molecular weight is 283 g/mol. The Hall–Kier alpha value is -0.480. The van der Waals surface area contributed by atoms with Gasteiger partial charge in [0, 0.05) is 6.04 Å². The van der Waals surface area contributed by atoms with Gasteiger partial charge >= 0.3 is 0 Å².